The van der Waals surface area contributed by atoms with E-state index in [1.807, 2.05) is 30.3 Å². The second-order valence-corrected chi connectivity index (χ2v) is 3.74. The van der Waals surface area contributed by atoms with Gasteiger partial charge in [0.05, 0.1) is 11.2 Å². The molecule has 15 heavy (non-hydrogen) atoms. The van der Waals surface area contributed by atoms with Crippen LogP contribution in [0.5, 0.6) is 0 Å². The Labute approximate surface area is 87.5 Å². The van der Waals surface area contributed by atoms with Gasteiger partial charge in [-0.1, -0.05) is 24.3 Å². The average molecular weight is 222 g/mol. The first-order valence-electron chi connectivity index (χ1n) is 4.39. The summed E-state index contributed by atoms with van der Waals surface area (Å²) in [6, 6.07) is 11.4. The molecular formula is C10H9NO3P+. The fourth-order valence-corrected chi connectivity index (χ4v) is 1.55. The molecule has 0 bridgehead atoms. The molecule has 1 unspecified atom stereocenters. The molecule has 1 aromatic carbocycles. The zero-order chi connectivity index (χ0) is 10.7. The van der Waals surface area contributed by atoms with Crippen LogP contribution in [0.1, 0.15) is 5.69 Å². The van der Waals surface area contributed by atoms with Gasteiger partial charge in [-0.15, -0.1) is 9.42 Å². The maximum Gasteiger partial charge on any atom is 0.695 e. The number of hydrogen-bond donors (Lipinski definition) is 1. The summed E-state index contributed by atoms with van der Waals surface area (Å²) in [6.45, 7) is 0.0521. The Morgan fingerprint density at radius 2 is 2.07 bits per heavy atom. The van der Waals surface area contributed by atoms with E-state index in [2.05, 4.69) is 9.51 Å². The lowest BCUT2D eigenvalue weighted by Gasteiger charge is -1.98. The van der Waals surface area contributed by atoms with Gasteiger partial charge in [0.2, 0.25) is 0 Å². The molecule has 1 atom stereocenters. The number of aromatic nitrogens is 1. The van der Waals surface area contributed by atoms with Gasteiger partial charge in [-0.2, -0.15) is 0 Å². The number of nitrogens with zero attached hydrogens (tertiary/aromatic N) is 1. The second-order valence-electron chi connectivity index (χ2n) is 3.01. The number of pyridine rings is 1. The molecule has 1 heterocycles. The Morgan fingerprint density at radius 3 is 2.87 bits per heavy atom. The van der Waals surface area contributed by atoms with Crippen molar-refractivity contribution >= 4 is 19.2 Å². The summed E-state index contributed by atoms with van der Waals surface area (Å²) >= 11 is 0. The third-order valence-electron chi connectivity index (χ3n) is 1.98. The number of rotatable bonds is 3. The van der Waals surface area contributed by atoms with Crippen molar-refractivity contribution in [3.63, 3.8) is 0 Å². The second kappa shape index (κ2) is 4.45. The highest BCUT2D eigenvalue weighted by molar-refractivity contribution is 7.32. The zero-order valence-electron chi connectivity index (χ0n) is 7.83. The SMILES string of the molecule is O=[P+](O)OCc1ccc2ccccc2n1. The lowest BCUT2D eigenvalue weighted by atomic mass is 10.2. The van der Waals surface area contributed by atoms with Gasteiger partial charge in [-0.3, -0.25) is 4.98 Å². The minimum atomic E-state index is -2.56. The Balaban J connectivity index is 2.26. The van der Waals surface area contributed by atoms with Crippen molar-refractivity contribution in [3.8, 4) is 0 Å². The standard InChI is InChI=1S/C10H8NO3P/c12-15(13)14-7-9-6-5-8-3-1-2-4-10(8)11-9/h1-6H,7H2/p+1. The summed E-state index contributed by atoms with van der Waals surface area (Å²) in [5.41, 5.74) is 1.50. The maximum absolute atomic E-state index is 10.3. The average Bonchev–Trinajstić information content (AvgIpc) is 2.26. The molecule has 2 aromatic rings. The van der Waals surface area contributed by atoms with Crippen molar-refractivity contribution in [3.05, 3.63) is 42.1 Å². The van der Waals surface area contributed by atoms with Crippen LogP contribution in [0.25, 0.3) is 10.9 Å². The molecule has 5 heteroatoms. The topological polar surface area (TPSA) is 59.4 Å². The molecule has 0 radical (unpaired) electrons. The van der Waals surface area contributed by atoms with Crippen molar-refractivity contribution in [1.29, 1.82) is 0 Å². The number of para-hydroxylation sites is 1. The minimum Gasteiger partial charge on any atom is -0.250 e. The van der Waals surface area contributed by atoms with Gasteiger partial charge in [-0.25, -0.2) is 0 Å². The molecule has 0 fully saturated rings. The Morgan fingerprint density at radius 1 is 1.27 bits per heavy atom. The van der Waals surface area contributed by atoms with E-state index in [4.69, 9.17) is 4.89 Å². The highest BCUT2D eigenvalue weighted by Crippen LogP contribution is 2.18. The van der Waals surface area contributed by atoms with E-state index in [1.165, 1.54) is 0 Å². The summed E-state index contributed by atoms with van der Waals surface area (Å²) in [5, 5.41) is 1.04. The fourth-order valence-electron chi connectivity index (χ4n) is 1.31. The van der Waals surface area contributed by atoms with Crippen LogP contribution in [0.4, 0.5) is 0 Å². The van der Waals surface area contributed by atoms with E-state index in [1.54, 1.807) is 6.07 Å². The molecule has 0 aliphatic heterocycles. The molecule has 0 saturated heterocycles. The van der Waals surface area contributed by atoms with Gasteiger partial charge in [-0.05, 0) is 12.1 Å². The normalized spacial score (nSPS) is 11.7. The quantitative estimate of drug-likeness (QED) is 0.810. The largest absolute Gasteiger partial charge is 0.695 e. The van der Waals surface area contributed by atoms with E-state index in [-0.39, 0.29) is 6.61 Å². The Kier molecular flexibility index (Phi) is 3.02. The first-order chi connectivity index (χ1) is 7.25. The highest BCUT2D eigenvalue weighted by Gasteiger charge is 2.12. The van der Waals surface area contributed by atoms with E-state index in [0.717, 1.165) is 10.9 Å². The molecule has 1 N–H and O–H groups in total. The highest BCUT2D eigenvalue weighted by atomic mass is 31.1. The summed E-state index contributed by atoms with van der Waals surface area (Å²) in [5.74, 6) is 0. The van der Waals surface area contributed by atoms with E-state index >= 15 is 0 Å². The van der Waals surface area contributed by atoms with Crippen molar-refractivity contribution in [2.24, 2.45) is 0 Å². The predicted molar refractivity (Wildman–Crippen MR) is 56.4 cm³/mol. The Bertz CT molecular complexity index is 501. The summed E-state index contributed by atoms with van der Waals surface area (Å²) in [7, 11) is -2.56. The van der Waals surface area contributed by atoms with E-state index < -0.39 is 8.25 Å². The van der Waals surface area contributed by atoms with Gasteiger partial charge in [0.15, 0.2) is 0 Å². The van der Waals surface area contributed by atoms with Crippen LogP contribution < -0.4 is 0 Å². The fraction of sp³-hybridized carbons (Fsp3) is 0.100. The van der Waals surface area contributed by atoms with Crippen LogP contribution in [0, 0.1) is 0 Å². The van der Waals surface area contributed by atoms with Crippen LogP contribution >= 0.6 is 8.25 Å². The number of fused-ring (bicyclic) bond motifs is 1. The van der Waals surface area contributed by atoms with Crippen molar-refractivity contribution in [2.75, 3.05) is 0 Å². The summed E-state index contributed by atoms with van der Waals surface area (Å²) < 4.78 is 14.9. The molecule has 0 amide bonds. The third-order valence-corrected chi connectivity index (χ3v) is 2.33. The predicted octanol–water partition coefficient (Wildman–Crippen LogP) is 2.40. The molecule has 2 rings (SSSR count). The lowest BCUT2D eigenvalue weighted by molar-refractivity contribution is 0.269. The van der Waals surface area contributed by atoms with Crippen molar-refractivity contribution in [2.45, 2.75) is 6.61 Å². The van der Waals surface area contributed by atoms with E-state index in [0.29, 0.717) is 5.69 Å². The van der Waals surface area contributed by atoms with Crippen LogP contribution in [-0.4, -0.2) is 9.88 Å². The lowest BCUT2D eigenvalue weighted by Crippen LogP contribution is -1.91. The molecule has 4 nitrogen and oxygen atoms in total. The number of benzene rings is 1. The van der Waals surface area contributed by atoms with Crippen LogP contribution in [0.3, 0.4) is 0 Å². The molecule has 0 aliphatic rings. The van der Waals surface area contributed by atoms with Crippen molar-refractivity contribution in [1.82, 2.24) is 4.98 Å². The third kappa shape index (κ3) is 2.57. The van der Waals surface area contributed by atoms with Gasteiger partial charge < -0.3 is 0 Å². The minimum absolute atomic E-state index is 0.0521. The first kappa shape index (κ1) is 10.2. The number of hydrogen-bond acceptors (Lipinski definition) is 3. The van der Waals surface area contributed by atoms with Gasteiger partial charge in [0.25, 0.3) is 0 Å². The van der Waals surface area contributed by atoms with Gasteiger partial charge in [0.1, 0.15) is 6.61 Å². The molecule has 0 aliphatic carbocycles. The summed E-state index contributed by atoms with van der Waals surface area (Å²) in [6.07, 6.45) is 0. The van der Waals surface area contributed by atoms with Gasteiger partial charge in [0, 0.05) is 9.95 Å². The molecule has 0 spiro atoms. The molecule has 1 aromatic heterocycles. The Hall–Kier alpha value is -1.35. The molecular weight excluding hydrogens is 213 g/mol. The van der Waals surface area contributed by atoms with Crippen LogP contribution in [0.15, 0.2) is 36.4 Å². The van der Waals surface area contributed by atoms with Gasteiger partial charge >= 0.3 is 8.25 Å². The molecule has 0 saturated carbocycles. The van der Waals surface area contributed by atoms with Crippen LogP contribution in [-0.2, 0) is 15.7 Å². The summed E-state index contributed by atoms with van der Waals surface area (Å²) in [4.78, 5) is 12.8. The zero-order valence-corrected chi connectivity index (χ0v) is 8.72. The van der Waals surface area contributed by atoms with Crippen LogP contribution in [0.2, 0.25) is 0 Å². The smallest absolute Gasteiger partial charge is 0.250 e. The monoisotopic (exact) mass is 222 g/mol. The maximum atomic E-state index is 10.3. The van der Waals surface area contributed by atoms with E-state index in [9.17, 15) is 4.57 Å². The molecule has 76 valence electrons. The van der Waals surface area contributed by atoms with Crippen molar-refractivity contribution < 1.29 is 14.0 Å². The first-order valence-corrected chi connectivity index (χ1v) is 5.52.